The van der Waals surface area contributed by atoms with Crippen LogP contribution >= 0.6 is 19.4 Å². The molecule has 0 radical (unpaired) electrons. The highest BCUT2D eigenvalue weighted by Crippen LogP contribution is 2.39. The molecule has 2 N–H and O–H groups in total. The molecule has 17 heavy (non-hydrogen) atoms. The van der Waals surface area contributed by atoms with Gasteiger partial charge in [-0.1, -0.05) is 43.6 Å². The fraction of sp³-hybridized carbons (Fsp3) is 0.455. The van der Waals surface area contributed by atoms with Gasteiger partial charge in [-0.05, 0) is 23.5 Å². The van der Waals surface area contributed by atoms with Crippen LogP contribution in [0.1, 0.15) is 19.4 Å². The van der Waals surface area contributed by atoms with E-state index in [1.807, 2.05) is 32.0 Å². The zero-order valence-electron chi connectivity index (χ0n) is 9.76. The largest absolute Gasteiger partial charge is 0.469 e. The molecule has 1 aromatic carbocycles. The van der Waals surface area contributed by atoms with Crippen molar-refractivity contribution in [2.24, 2.45) is 5.41 Å². The highest BCUT2D eigenvalue weighted by atomic mass is 35.5. The number of hydrogen-bond acceptors (Lipinski definition) is 2. The molecule has 0 amide bonds. The molecule has 0 aliphatic heterocycles. The molecular weight excluding hydrogens is 263 g/mol. The minimum Gasteiger partial charge on any atom is -0.303 e. The monoisotopic (exact) mass is 278 g/mol. The number of hydrogen-bond donors (Lipinski definition) is 2. The number of rotatable bonds is 5. The zero-order chi connectivity index (χ0) is 13.1. The summed E-state index contributed by atoms with van der Waals surface area (Å²) in [5, 5.41) is 0.650. The summed E-state index contributed by atoms with van der Waals surface area (Å²) in [5.74, 6) is 0. The van der Waals surface area contributed by atoms with Crippen LogP contribution in [0.25, 0.3) is 0 Å². The smallest absolute Gasteiger partial charge is 0.303 e. The van der Waals surface area contributed by atoms with Crippen molar-refractivity contribution in [3.8, 4) is 0 Å². The van der Waals surface area contributed by atoms with Gasteiger partial charge in [-0.3, -0.25) is 4.52 Å². The molecule has 1 aromatic rings. The predicted octanol–water partition coefficient (Wildman–Crippen LogP) is 3.02. The van der Waals surface area contributed by atoms with Crippen LogP contribution in [-0.2, 0) is 15.5 Å². The van der Waals surface area contributed by atoms with Crippen LogP contribution in [0.15, 0.2) is 24.3 Å². The fourth-order valence-electron chi connectivity index (χ4n) is 1.47. The van der Waals surface area contributed by atoms with Crippen molar-refractivity contribution in [3.63, 3.8) is 0 Å². The molecule has 0 spiro atoms. The minimum atomic E-state index is -4.41. The Hall–Kier alpha value is -0.380. The van der Waals surface area contributed by atoms with Gasteiger partial charge in [0.1, 0.15) is 0 Å². The van der Waals surface area contributed by atoms with E-state index in [0.29, 0.717) is 11.4 Å². The zero-order valence-corrected chi connectivity index (χ0v) is 11.4. The van der Waals surface area contributed by atoms with Crippen molar-refractivity contribution in [1.82, 2.24) is 0 Å². The molecule has 0 bridgehead atoms. The summed E-state index contributed by atoms with van der Waals surface area (Å²) in [6, 6.07) is 7.39. The summed E-state index contributed by atoms with van der Waals surface area (Å²) in [7, 11) is -4.41. The van der Waals surface area contributed by atoms with Crippen LogP contribution in [0.5, 0.6) is 0 Å². The molecular formula is C11H16ClO4P. The van der Waals surface area contributed by atoms with Crippen molar-refractivity contribution in [3.05, 3.63) is 34.9 Å². The first-order valence-corrected chi connectivity index (χ1v) is 7.04. The second kappa shape index (κ2) is 5.51. The second-order valence-electron chi connectivity index (χ2n) is 4.70. The lowest BCUT2D eigenvalue weighted by Crippen LogP contribution is -2.21. The normalized spacial score (nSPS) is 12.8. The number of benzene rings is 1. The highest BCUT2D eigenvalue weighted by Gasteiger charge is 2.25. The Balaban J connectivity index is 2.67. The third kappa shape index (κ3) is 5.66. The SMILES string of the molecule is CC(C)(COP(=O)(O)O)Cc1ccccc1Cl. The average Bonchev–Trinajstić information content (AvgIpc) is 2.18. The van der Waals surface area contributed by atoms with E-state index in [1.165, 1.54) is 0 Å². The topological polar surface area (TPSA) is 66.8 Å². The Morgan fingerprint density at radius 3 is 2.47 bits per heavy atom. The number of phosphoric ester groups is 1. The molecule has 6 heteroatoms. The van der Waals surface area contributed by atoms with Crippen LogP contribution in [-0.4, -0.2) is 16.4 Å². The highest BCUT2D eigenvalue weighted by molar-refractivity contribution is 7.46. The van der Waals surface area contributed by atoms with Crippen LogP contribution in [0.3, 0.4) is 0 Å². The van der Waals surface area contributed by atoms with E-state index < -0.39 is 13.2 Å². The molecule has 0 heterocycles. The Bertz CT molecular complexity index is 427. The summed E-state index contributed by atoms with van der Waals surface area (Å²) in [4.78, 5) is 17.3. The Labute approximate surface area is 106 Å². The average molecular weight is 279 g/mol. The van der Waals surface area contributed by atoms with Crippen molar-refractivity contribution >= 4 is 19.4 Å². The standard InChI is InChI=1S/C11H16ClO4P/c1-11(2,8-16-17(13,14)15)7-9-5-3-4-6-10(9)12/h3-6H,7-8H2,1-2H3,(H2,13,14,15). The maximum atomic E-state index is 10.6. The van der Waals surface area contributed by atoms with Gasteiger partial charge in [-0.15, -0.1) is 0 Å². The van der Waals surface area contributed by atoms with Crippen LogP contribution in [0.4, 0.5) is 0 Å². The van der Waals surface area contributed by atoms with Crippen LogP contribution < -0.4 is 0 Å². The van der Waals surface area contributed by atoms with Crippen molar-refractivity contribution < 1.29 is 18.9 Å². The van der Waals surface area contributed by atoms with Gasteiger partial charge < -0.3 is 9.79 Å². The first kappa shape index (κ1) is 14.7. The summed E-state index contributed by atoms with van der Waals surface area (Å²) in [6.45, 7) is 3.71. The third-order valence-electron chi connectivity index (χ3n) is 2.25. The van der Waals surface area contributed by atoms with Crippen molar-refractivity contribution in [2.45, 2.75) is 20.3 Å². The minimum absolute atomic E-state index is 0.0253. The van der Waals surface area contributed by atoms with Gasteiger partial charge in [-0.25, -0.2) is 4.57 Å². The van der Waals surface area contributed by atoms with E-state index in [0.717, 1.165) is 5.56 Å². The summed E-state index contributed by atoms with van der Waals surface area (Å²) in [5.41, 5.74) is 0.542. The maximum absolute atomic E-state index is 10.6. The maximum Gasteiger partial charge on any atom is 0.469 e. The predicted molar refractivity (Wildman–Crippen MR) is 66.9 cm³/mol. The van der Waals surface area contributed by atoms with Crippen LogP contribution in [0, 0.1) is 5.41 Å². The van der Waals surface area contributed by atoms with Gasteiger partial charge in [0.15, 0.2) is 0 Å². The summed E-state index contributed by atoms with van der Waals surface area (Å²) in [6.07, 6.45) is 0.590. The van der Waals surface area contributed by atoms with E-state index in [-0.39, 0.29) is 6.61 Å². The Morgan fingerprint density at radius 1 is 1.35 bits per heavy atom. The number of phosphoric acid groups is 1. The van der Waals surface area contributed by atoms with Gasteiger partial charge in [0.2, 0.25) is 0 Å². The van der Waals surface area contributed by atoms with E-state index in [9.17, 15) is 4.57 Å². The first-order chi connectivity index (χ1) is 7.70. The summed E-state index contributed by atoms with van der Waals surface area (Å²) < 4.78 is 15.2. The van der Waals surface area contributed by atoms with Crippen molar-refractivity contribution in [2.75, 3.05) is 6.61 Å². The van der Waals surface area contributed by atoms with Gasteiger partial charge in [0.05, 0.1) is 6.61 Å². The quantitative estimate of drug-likeness (QED) is 0.813. The lowest BCUT2D eigenvalue weighted by molar-refractivity contribution is 0.129. The van der Waals surface area contributed by atoms with Crippen LogP contribution in [0.2, 0.25) is 5.02 Å². The molecule has 0 aliphatic carbocycles. The lowest BCUT2D eigenvalue weighted by Gasteiger charge is -2.25. The fourth-order valence-corrected chi connectivity index (χ4v) is 2.19. The van der Waals surface area contributed by atoms with E-state index >= 15 is 0 Å². The molecule has 0 atom stereocenters. The van der Waals surface area contributed by atoms with E-state index in [1.54, 1.807) is 6.07 Å². The number of halogens is 1. The van der Waals surface area contributed by atoms with Gasteiger partial charge >= 0.3 is 7.82 Å². The second-order valence-corrected chi connectivity index (χ2v) is 6.34. The molecule has 4 nitrogen and oxygen atoms in total. The summed E-state index contributed by atoms with van der Waals surface area (Å²) >= 11 is 6.03. The van der Waals surface area contributed by atoms with E-state index in [4.69, 9.17) is 21.4 Å². The van der Waals surface area contributed by atoms with Crippen molar-refractivity contribution in [1.29, 1.82) is 0 Å². The molecule has 96 valence electrons. The molecule has 1 rings (SSSR count). The molecule has 0 aromatic heterocycles. The Kier molecular flexibility index (Phi) is 4.76. The van der Waals surface area contributed by atoms with E-state index in [2.05, 4.69) is 4.52 Å². The lowest BCUT2D eigenvalue weighted by atomic mass is 9.87. The molecule has 0 saturated heterocycles. The first-order valence-electron chi connectivity index (χ1n) is 5.13. The van der Waals surface area contributed by atoms with Gasteiger partial charge in [0, 0.05) is 5.02 Å². The molecule has 0 fully saturated rings. The Morgan fingerprint density at radius 2 is 1.94 bits per heavy atom. The van der Waals surface area contributed by atoms with Gasteiger partial charge in [-0.2, -0.15) is 0 Å². The molecule has 0 aliphatic rings. The molecule has 0 saturated carbocycles. The third-order valence-corrected chi connectivity index (χ3v) is 3.08. The van der Waals surface area contributed by atoms with Gasteiger partial charge in [0.25, 0.3) is 0 Å². The molecule has 0 unspecified atom stereocenters.